The summed E-state index contributed by atoms with van der Waals surface area (Å²) in [7, 11) is 0. The SMILES string of the molecule is Nc1ncc(Br)cc1C(=O)Nc1ccc(F)cc1. The van der Waals surface area contributed by atoms with Gasteiger partial charge in [-0.25, -0.2) is 9.37 Å². The molecule has 0 saturated heterocycles. The molecular formula is C12H9BrFN3O. The largest absolute Gasteiger partial charge is 0.383 e. The third-order valence-electron chi connectivity index (χ3n) is 2.23. The van der Waals surface area contributed by atoms with Gasteiger partial charge in [0.05, 0.1) is 5.56 Å². The Morgan fingerprint density at radius 2 is 2.00 bits per heavy atom. The summed E-state index contributed by atoms with van der Waals surface area (Å²) in [5.74, 6) is -0.623. The molecule has 0 spiro atoms. The summed E-state index contributed by atoms with van der Waals surface area (Å²) in [6.07, 6.45) is 1.50. The summed E-state index contributed by atoms with van der Waals surface area (Å²) in [5, 5.41) is 2.61. The third-order valence-corrected chi connectivity index (χ3v) is 2.67. The number of hydrogen-bond acceptors (Lipinski definition) is 3. The highest BCUT2D eigenvalue weighted by Crippen LogP contribution is 2.17. The highest BCUT2D eigenvalue weighted by atomic mass is 79.9. The topological polar surface area (TPSA) is 68.0 Å². The molecule has 2 aromatic rings. The van der Waals surface area contributed by atoms with E-state index in [4.69, 9.17) is 5.73 Å². The van der Waals surface area contributed by atoms with Gasteiger partial charge in [-0.3, -0.25) is 4.79 Å². The Bertz CT molecular complexity index is 586. The Labute approximate surface area is 111 Å². The maximum atomic E-state index is 12.7. The van der Waals surface area contributed by atoms with Gasteiger partial charge in [-0.05, 0) is 46.3 Å². The summed E-state index contributed by atoms with van der Waals surface area (Å²) < 4.78 is 13.4. The van der Waals surface area contributed by atoms with Crippen LogP contribution in [-0.4, -0.2) is 10.9 Å². The summed E-state index contributed by atoms with van der Waals surface area (Å²) in [5.41, 5.74) is 6.36. The molecule has 2 rings (SSSR count). The maximum Gasteiger partial charge on any atom is 0.259 e. The second-order valence-electron chi connectivity index (χ2n) is 3.55. The molecule has 0 saturated carbocycles. The summed E-state index contributed by atoms with van der Waals surface area (Å²) >= 11 is 3.21. The standard InChI is InChI=1S/C12H9BrFN3O/c13-7-5-10(11(15)16-6-7)12(18)17-9-3-1-8(14)2-4-9/h1-6H,(H2,15,16)(H,17,18). The second-order valence-corrected chi connectivity index (χ2v) is 4.46. The van der Waals surface area contributed by atoms with Crippen LogP contribution in [-0.2, 0) is 0 Å². The fraction of sp³-hybridized carbons (Fsp3) is 0. The molecule has 6 heteroatoms. The Balaban J connectivity index is 2.21. The lowest BCUT2D eigenvalue weighted by Crippen LogP contribution is -2.14. The minimum atomic E-state index is -0.395. The van der Waals surface area contributed by atoms with Crippen LogP contribution in [0, 0.1) is 5.82 Å². The lowest BCUT2D eigenvalue weighted by Gasteiger charge is -2.07. The Kier molecular flexibility index (Phi) is 3.57. The average Bonchev–Trinajstić information content (AvgIpc) is 2.35. The number of nitrogen functional groups attached to an aromatic ring is 1. The van der Waals surface area contributed by atoms with Crippen LogP contribution in [0.5, 0.6) is 0 Å². The van der Waals surface area contributed by atoms with Crippen LogP contribution in [0.15, 0.2) is 41.0 Å². The number of carbonyl (C=O) groups is 1. The van der Waals surface area contributed by atoms with Crippen molar-refractivity contribution in [2.45, 2.75) is 0 Å². The Morgan fingerprint density at radius 1 is 1.33 bits per heavy atom. The second kappa shape index (κ2) is 5.14. The molecule has 4 nitrogen and oxygen atoms in total. The number of hydrogen-bond donors (Lipinski definition) is 2. The first-order valence-electron chi connectivity index (χ1n) is 5.04. The first-order valence-corrected chi connectivity index (χ1v) is 5.83. The normalized spacial score (nSPS) is 10.1. The predicted octanol–water partition coefficient (Wildman–Crippen LogP) is 2.82. The number of halogens is 2. The Morgan fingerprint density at radius 3 is 2.67 bits per heavy atom. The van der Waals surface area contributed by atoms with Gasteiger partial charge in [0, 0.05) is 16.4 Å². The summed E-state index contributed by atoms with van der Waals surface area (Å²) in [4.78, 5) is 15.8. The molecule has 1 heterocycles. The maximum absolute atomic E-state index is 12.7. The molecule has 0 aliphatic heterocycles. The zero-order valence-electron chi connectivity index (χ0n) is 9.15. The van der Waals surface area contributed by atoms with Crippen molar-refractivity contribution in [3.63, 3.8) is 0 Å². The van der Waals surface area contributed by atoms with Gasteiger partial charge >= 0.3 is 0 Å². The zero-order valence-corrected chi connectivity index (χ0v) is 10.7. The van der Waals surface area contributed by atoms with Crippen molar-refractivity contribution in [1.29, 1.82) is 0 Å². The molecular weight excluding hydrogens is 301 g/mol. The third kappa shape index (κ3) is 2.84. The van der Waals surface area contributed by atoms with Gasteiger partial charge < -0.3 is 11.1 Å². The van der Waals surface area contributed by atoms with E-state index in [1.807, 2.05) is 0 Å². The number of nitrogens with zero attached hydrogens (tertiary/aromatic N) is 1. The van der Waals surface area contributed by atoms with Crippen molar-refractivity contribution in [3.8, 4) is 0 Å². The van der Waals surface area contributed by atoms with Gasteiger partial charge in [0.15, 0.2) is 0 Å². The van der Waals surface area contributed by atoms with Crippen LogP contribution in [0.2, 0.25) is 0 Å². The number of nitrogens with one attached hydrogen (secondary N) is 1. The highest BCUT2D eigenvalue weighted by molar-refractivity contribution is 9.10. The molecule has 0 bridgehead atoms. The minimum Gasteiger partial charge on any atom is -0.383 e. The van der Waals surface area contributed by atoms with Gasteiger partial charge in [0.1, 0.15) is 11.6 Å². The first-order chi connectivity index (χ1) is 8.56. The number of pyridine rings is 1. The number of anilines is 2. The molecule has 1 amide bonds. The molecule has 0 unspecified atom stereocenters. The summed E-state index contributed by atoms with van der Waals surface area (Å²) in [6.45, 7) is 0. The Hall–Kier alpha value is -1.95. The van der Waals surface area contributed by atoms with Crippen molar-refractivity contribution in [2.24, 2.45) is 0 Å². The minimum absolute atomic E-state index is 0.137. The fourth-order valence-electron chi connectivity index (χ4n) is 1.36. The smallest absolute Gasteiger partial charge is 0.259 e. The van der Waals surface area contributed by atoms with E-state index < -0.39 is 5.91 Å². The van der Waals surface area contributed by atoms with E-state index in [1.54, 1.807) is 6.07 Å². The van der Waals surface area contributed by atoms with Gasteiger partial charge in [-0.1, -0.05) is 0 Å². The van der Waals surface area contributed by atoms with E-state index in [1.165, 1.54) is 30.5 Å². The van der Waals surface area contributed by atoms with E-state index >= 15 is 0 Å². The lowest BCUT2D eigenvalue weighted by molar-refractivity contribution is 0.102. The number of nitrogens with two attached hydrogens (primary N) is 1. The van der Waals surface area contributed by atoms with Crippen molar-refractivity contribution >= 4 is 33.3 Å². The van der Waals surface area contributed by atoms with E-state index in [0.29, 0.717) is 10.2 Å². The first kappa shape index (κ1) is 12.5. The highest BCUT2D eigenvalue weighted by Gasteiger charge is 2.11. The quantitative estimate of drug-likeness (QED) is 0.896. The lowest BCUT2D eigenvalue weighted by atomic mass is 10.2. The number of benzene rings is 1. The van der Waals surface area contributed by atoms with Crippen molar-refractivity contribution in [2.75, 3.05) is 11.1 Å². The molecule has 18 heavy (non-hydrogen) atoms. The van der Waals surface area contributed by atoms with E-state index in [-0.39, 0.29) is 17.2 Å². The van der Waals surface area contributed by atoms with Crippen LogP contribution in [0.3, 0.4) is 0 Å². The molecule has 1 aromatic heterocycles. The van der Waals surface area contributed by atoms with Gasteiger partial charge in [0.2, 0.25) is 0 Å². The van der Waals surface area contributed by atoms with Crippen molar-refractivity contribution in [1.82, 2.24) is 4.98 Å². The van der Waals surface area contributed by atoms with Gasteiger partial charge in [-0.15, -0.1) is 0 Å². The van der Waals surface area contributed by atoms with Crippen LogP contribution in [0.1, 0.15) is 10.4 Å². The molecule has 0 aliphatic carbocycles. The molecule has 0 radical (unpaired) electrons. The van der Waals surface area contributed by atoms with Crippen LogP contribution in [0.4, 0.5) is 15.9 Å². The van der Waals surface area contributed by atoms with Gasteiger partial charge in [-0.2, -0.15) is 0 Å². The molecule has 3 N–H and O–H groups in total. The van der Waals surface area contributed by atoms with Crippen LogP contribution < -0.4 is 11.1 Å². The number of amides is 1. The number of aromatic nitrogens is 1. The average molecular weight is 310 g/mol. The zero-order chi connectivity index (χ0) is 13.1. The molecule has 92 valence electrons. The molecule has 1 aromatic carbocycles. The van der Waals surface area contributed by atoms with E-state index in [9.17, 15) is 9.18 Å². The number of carbonyl (C=O) groups excluding carboxylic acids is 1. The number of rotatable bonds is 2. The molecule has 0 atom stereocenters. The van der Waals surface area contributed by atoms with Gasteiger partial charge in [0.25, 0.3) is 5.91 Å². The van der Waals surface area contributed by atoms with Crippen LogP contribution in [0.25, 0.3) is 0 Å². The van der Waals surface area contributed by atoms with Crippen molar-refractivity contribution < 1.29 is 9.18 Å². The predicted molar refractivity (Wildman–Crippen MR) is 70.7 cm³/mol. The van der Waals surface area contributed by atoms with E-state index in [0.717, 1.165) is 0 Å². The monoisotopic (exact) mass is 309 g/mol. The molecule has 0 aliphatic rings. The summed E-state index contributed by atoms with van der Waals surface area (Å²) in [6, 6.07) is 7.03. The van der Waals surface area contributed by atoms with E-state index in [2.05, 4.69) is 26.2 Å². The fourth-order valence-corrected chi connectivity index (χ4v) is 1.69. The molecule has 0 fully saturated rings. The van der Waals surface area contributed by atoms with Crippen LogP contribution >= 0.6 is 15.9 Å². The van der Waals surface area contributed by atoms with Crippen molar-refractivity contribution in [3.05, 3.63) is 52.4 Å².